The van der Waals surface area contributed by atoms with Gasteiger partial charge in [-0.05, 0) is 55.8 Å². The smallest absolute Gasteiger partial charge is 0.340 e. The van der Waals surface area contributed by atoms with Crippen LogP contribution in [0.15, 0.2) is 60.9 Å². The number of alkyl halides is 6. The first-order chi connectivity index (χ1) is 16.5. The molecule has 0 aliphatic carbocycles. The van der Waals surface area contributed by atoms with Crippen molar-refractivity contribution < 1.29 is 26.3 Å². The number of nitrogens with zero attached hydrogens (tertiary/aromatic N) is 5. The van der Waals surface area contributed by atoms with Gasteiger partial charge in [-0.25, -0.2) is 9.67 Å². The highest BCUT2D eigenvalue weighted by molar-refractivity contribution is 5.75. The van der Waals surface area contributed by atoms with Crippen LogP contribution in [0, 0.1) is 6.92 Å². The second kappa shape index (κ2) is 8.10. The molecule has 4 heterocycles. The third-order valence-electron chi connectivity index (χ3n) is 5.74. The van der Waals surface area contributed by atoms with Crippen LogP contribution < -0.4 is 4.90 Å². The minimum Gasteiger partial charge on any atom is -0.340 e. The van der Waals surface area contributed by atoms with Gasteiger partial charge in [-0.15, -0.1) is 0 Å². The van der Waals surface area contributed by atoms with Gasteiger partial charge in [-0.1, -0.05) is 6.07 Å². The first-order valence-corrected chi connectivity index (χ1v) is 10.6. The summed E-state index contributed by atoms with van der Waals surface area (Å²) >= 11 is 0. The fourth-order valence-corrected chi connectivity index (χ4v) is 4.20. The fourth-order valence-electron chi connectivity index (χ4n) is 4.20. The van der Waals surface area contributed by atoms with Crippen LogP contribution >= 0.6 is 0 Å². The Morgan fingerprint density at radius 1 is 0.857 bits per heavy atom. The Hall–Kier alpha value is -3.89. The summed E-state index contributed by atoms with van der Waals surface area (Å²) in [6.07, 6.45) is -6.19. The number of hydrogen-bond donors (Lipinski definition) is 0. The molecule has 0 saturated heterocycles. The fraction of sp³-hybridized carbons (Fsp3) is 0.208. The number of hydrogen-bond acceptors (Lipinski definition) is 4. The third kappa shape index (κ3) is 4.22. The summed E-state index contributed by atoms with van der Waals surface area (Å²) in [5, 5.41) is 4.53. The molecule has 3 aromatic heterocycles. The van der Waals surface area contributed by atoms with Gasteiger partial charge in [-0.3, -0.25) is 4.98 Å². The molecule has 0 atom stereocenters. The third-order valence-corrected chi connectivity index (χ3v) is 5.74. The van der Waals surface area contributed by atoms with Gasteiger partial charge in [0.05, 0.1) is 22.5 Å². The average molecular weight is 489 g/mol. The Balaban J connectivity index is 1.60. The Morgan fingerprint density at radius 3 is 2.34 bits per heavy atom. The van der Waals surface area contributed by atoms with Crippen LogP contribution in [0.4, 0.5) is 37.7 Å². The number of benzene rings is 1. The summed E-state index contributed by atoms with van der Waals surface area (Å²) in [7, 11) is 0. The molecule has 0 unspecified atom stereocenters. The van der Waals surface area contributed by atoms with Crippen LogP contribution in [-0.4, -0.2) is 26.3 Å². The highest BCUT2D eigenvalue weighted by Gasteiger charge is 2.40. The summed E-state index contributed by atoms with van der Waals surface area (Å²) in [6.45, 7) is 1.84. The summed E-state index contributed by atoms with van der Waals surface area (Å²) in [5.41, 5.74) is -0.148. The standard InChI is InChI=1S/C24H17F6N5/c1-14-12-21-16(22(32-14)35-11-8-19(33-35)18-4-2-3-9-31-18)7-10-34(21)20-6-5-15(23(25,26)27)13-17(20)24(28,29)30/h2-6,8-9,11-13H,7,10H2,1H3. The van der Waals surface area contributed by atoms with Gasteiger partial charge in [0, 0.05) is 35.9 Å². The Labute approximate surface area is 195 Å². The Kier molecular flexibility index (Phi) is 5.30. The lowest BCUT2D eigenvalue weighted by Gasteiger charge is -2.25. The van der Waals surface area contributed by atoms with E-state index in [4.69, 9.17) is 0 Å². The number of rotatable bonds is 3. The van der Waals surface area contributed by atoms with E-state index in [1.54, 1.807) is 43.6 Å². The lowest BCUT2D eigenvalue weighted by molar-refractivity contribution is -0.142. The van der Waals surface area contributed by atoms with E-state index >= 15 is 0 Å². The zero-order chi connectivity index (χ0) is 25.0. The van der Waals surface area contributed by atoms with E-state index in [0.29, 0.717) is 46.6 Å². The monoisotopic (exact) mass is 489 g/mol. The first kappa shape index (κ1) is 22.9. The maximum Gasteiger partial charge on any atom is 0.418 e. The van der Waals surface area contributed by atoms with Crippen molar-refractivity contribution in [3.05, 3.63) is 83.3 Å². The van der Waals surface area contributed by atoms with Gasteiger partial charge in [0.2, 0.25) is 0 Å². The maximum atomic E-state index is 13.8. The number of fused-ring (bicyclic) bond motifs is 1. The van der Waals surface area contributed by atoms with Crippen LogP contribution in [0.1, 0.15) is 22.4 Å². The van der Waals surface area contributed by atoms with Crippen molar-refractivity contribution in [3.8, 4) is 17.2 Å². The van der Waals surface area contributed by atoms with Crippen LogP contribution in [-0.2, 0) is 18.8 Å². The highest BCUT2D eigenvalue weighted by atomic mass is 19.4. The van der Waals surface area contributed by atoms with Crippen LogP contribution in [0.2, 0.25) is 0 Å². The van der Waals surface area contributed by atoms with E-state index in [2.05, 4.69) is 15.1 Å². The quantitative estimate of drug-likeness (QED) is 0.314. The molecule has 5 rings (SSSR count). The van der Waals surface area contributed by atoms with Gasteiger partial charge in [0.15, 0.2) is 5.82 Å². The molecular formula is C24H17F6N5. The topological polar surface area (TPSA) is 46.8 Å². The zero-order valence-corrected chi connectivity index (χ0v) is 18.2. The first-order valence-electron chi connectivity index (χ1n) is 10.6. The van der Waals surface area contributed by atoms with Crippen LogP contribution in [0.5, 0.6) is 0 Å². The minimum absolute atomic E-state index is 0.149. The molecule has 180 valence electrons. The zero-order valence-electron chi connectivity index (χ0n) is 18.2. The van der Waals surface area contributed by atoms with E-state index < -0.39 is 23.5 Å². The lowest BCUT2D eigenvalue weighted by Crippen LogP contribution is -2.20. The van der Waals surface area contributed by atoms with Crippen LogP contribution in [0.25, 0.3) is 17.2 Å². The number of aromatic nitrogens is 4. The van der Waals surface area contributed by atoms with E-state index in [1.807, 2.05) is 6.07 Å². The summed E-state index contributed by atoms with van der Waals surface area (Å²) in [5.74, 6) is 0.449. The molecule has 0 fully saturated rings. The predicted molar refractivity (Wildman–Crippen MR) is 116 cm³/mol. The van der Waals surface area contributed by atoms with E-state index in [1.165, 1.54) is 9.58 Å². The molecule has 1 aromatic carbocycles. The van der Waals surface area contributed by atoms with Gasteiger partial charge in [-0.2, -0.15) is 31.4 Å². The number of pyridine rings is 2. The Bertz CT molecular complexity index is 1390. The van der Waals surface area contributed by atoms with Crippen molar-refractivity contribution in [2.45, 2.75) is 25.7 Å². The molecule has 0 radical (unpaired) electrons. The van der Waals surface area contributed by atoms with Crippen molar-refractivity contribution in [2.75, 3.05) is 11.4 Å². The lowest BCUT2D eigenvalue weighted by atomic mass is 10.1. The van der Waals surface area contributed by atoms with E-state index in [0.717, 1.165) is 6.07 Å². The minimum atomic E-state index is -4.97. The molecule has 0 amide bonds. The van der Waals surface area contributed by atoms with Crippen molar-refractivity contribution in [3.63, 3.8) is 0 Å². The average Bonchev–Trinajstić information content (AvgIpc) is 3.45. The maximum absolute atomic E-state index is 13.8. The molecular weight excluding hydrogens is 472 g/mol. The van der Waals surface area contributed by atoms with Crippen molar-refractivity contribution in [2.24, 2.45) is 0 Å². The molecule has 11 heteroatoms. The molecule has 35 heavy (non-hydrogen) atoms. The van der Waals surface area contributed by atoms with Gasteiger partial charge < -0.3 is 4.90 Å². The van der Waals surface area contributed by atoms with Crippen LogP contribution in [0.3, 0.4) is 0 Å². The second-order valence-electron chi connectivity index (χ2n) is 8.07. The second-order valence-corrected chi connectivity index (χ2v) is 8.07. The van der Waals surface area contributed by atoms with Gasteiger partial charge >= 0.3 is 12.4 Å². The molecule has 1 aliphatic rings. The number of halogens is 6. The summed E-state index contributed by atoms with van der Waals surface area (Å²) in [4.78, 5) is 10.2. The van der Waals surface area contributed by atoms with Gasteiger partial charge in [0.1, 0.15) is 5.69 Å². The number of aryl methyl sites for hydroxylation is 1. The molecule has 0 spiro atoms. The molecule has 0 saturated carbocycles. The predicted octanol–water partition coefficient (Wildman–Crippen LogP) is 6.37. The highest BCUT2D eigenvalue weighted by Crippen LogP contribution is 2.45. The van der Waals surface area contributed by atoms with Gasteiger partial charge in [0.25, 0.3) is 0 Å². The van der Waals surface area contributed by atoms with Crippen molar-refractivity contribution in [1.82, 2.24) is 19.7 Å². The largest absolute Gasteiger partial charge is 0.418 e. The summed E-state index contributed by atoms with van der Waals surface area (Å²) in [6, 6.07) is 10.5. The van der Waals surface area contributed by atoms with Crippen molar-refractivity contribution >= 4 is 11.4 Å². The molecule has 5 nitrogen and oxygen atoms in total. The van der Waals surface area contributed by atoms with E-state index in [9.17, 15) is 26.3 Å². The number of anilines is 2. The SMILES string of the molecule is Cc1cc2c(c(-n3ccc(-c4ccccn4)n3)n1)CCN2c1ccc(C(F)(F)F)cc1C(F)(F)F. The normalized spacial score (nSPS) is 13.9. The molecule has 0 N–H and O–H groups in total. The summed E-state index contributed by atoms with van der Waals surface area (Å²) < 4.78 is 82.3. The molecule has 4 aromatic rings. The molecule has 0 bridgehead atoms. The Morgan fingerprint density at radius 2 is 1.66 bits per heavy atom. The van der Waals surface area contributed by atoms with Crippen molar-refractivity contribution in [1.29, 1.82) is 0 Å². The molecule has 1 aliphatic heterocycles. The van der Waals surface area contributed by atoms with E-state index in [-0.39, 0.29) is 18.3 Å².